The third-order valence-electron chi connectivity index (χ3n) is 1.94. The van der Waals surface area contributed by atoms with Crippen LogP contribution < -0.4 is 0 Å². The molecule has 0 spiro atoms. The topological polar surface area (TPSA) is 55.1 Å². The Bertz CT molecular complexity index is 315. The van der Waals surface area contributed by atoms with E-state index in [4.69, 9.17) is 5.11 Å². The predicted molar refractivity (Wildman–Crippen MR) is 44.1 cm³/mol. The molecule has 1 aromatic heterocycles. The lowest BCUT2D eigenvalue weighted by Crippen LogP contribution is -2.11. The van der Waals surface area contributed by atoms with Crippen LogP contribution in [-0.4, -0.2) is 20.6 Å². The zero-order chi connectivity index (χ0) is 9.30. The smallest absolute Gasteiger partial charge is 0.323 e. The minimum absolute atomic E-state index is 0.00148. The van der Waals surface area contributed by atoms with Crippen molar-refractivity contribution in [3.8, 4) is 0 Å². The largest absolute Gasteiger partial charge is 0.480 e. The van der Waals surface area contributed by atoms with Crippen molar-refractivity contribution in [3.63, 3.8) is 0 Å². The summed E-state index contributed by atoms with van der Waals surface area (Å²) in [7, 11) is 0. The SMILES string of the molecule is Cc1nc(C)n(CC(=O)O)c1C. The molecule has 4 nitrogen and oxygen atoms in total. The minimum Gasteiger partial charge on any atom is -0.480 e. The summed E-state index contributed by atoms with van der Waals surface area (Å²) in [6.45, 7) is 5.56. The number of carboxylic acid groups (broad SMARTS) is 1. The van der Waals surface area contributed by atoms with Crippen molar-refractivity contribution in [2.45, 2.75) is 27.3 Å². The summed E-state index contributed by atoms with van der Waals surface area (Å²) in [5.74, 6) is -0.0778. The van der Waals surface area contributed by atoms with Crippen LogP contribution in [0.3, 0.4) is 0 Å². The average molecular weight is 168 g/mol. The standard InChI is InChI=1S/C8H12N2O2/c1-5-6(2)10(4-8(11)12)7(3)9-5/h4H2,1-3H3,(H,11,12). The van der Waals surface area contributed by atoms with E-state index in [2.05, 4.69) is 4.98 Å². The maximum atomic E-state index is 10.4. The van der Waals surface area contributed by atoms with Gasteiger partial charge in [-0.15, -0.1) is 0 Å². The van der Waals surface area contributed by atoms with Gasteiger partial charge in [-0.2, -0.15) is 0 Å². The second kappa shape index (κ2) is 2.97. The van der Waals surface area contributed by atoms with Crippen LogP contribution in [0.4, 0.5) is 0 Å². The Kier molecular flexibility index (Phi) is 2.17. The highest BCUT2D eigenvalue weighted by Gasteiger charge is 2.09. The van der Waals surface area contributed by atoms with Crippen LogP contribution in [0.15, 0.2) is 0 Å². The maximum absolute atomic E-state index is 10.4. The molecule has 1 rings (SSSR count). The predicted octanol–water partition coefficient (Wildman–Crippen LogP) is 0.893. The van der Waals surface area contributed by atoms with Crippen LogP contribution >= 0.6 is 0 Å². The van der Waals surface area contributed by atoms with Gasteiger partial charge >= 0.3 is 5.97 Å². The molecule has 1 heterocycles. The summed E-state index contributed by atoms with van der Waals surface area (Å²) in [6, 6.07) is 0. The molecule has 0 amide bonds. The van der Waals surface area contributed by atoms with Crippen LogP contribution in [0.1, 0.15) is 17.2 Å². The van der Waals surface area contributed by atoms with Gasteiger partial charge in [0.1, 0.15) is 12.4 Å². The molecule has 0 saturated heterocycles. The summed E-state index contributed by atoms with van der Waals surface area (Å²) >= 11 is 0. The first-order valence-electron chi connectivity index (χ1n) is 3.74. The summed E-state index contributed by atoms with van der Waals surface area (Å²) < 4.78 is 1.69. The van der Waals surface area contributed by atoms with Crippen molar-refractivity contribution < 1.29 is 9.90 Å². The summed E-state index contributed by atoms with van der Waals surface area (Å²) in [5, 5.41) is 8.58. The molecule has 1 N–H and O–H groups in total. The monoisotopic (exact) mass is 168 g/mol. The van der Waals surface area contributed by atoms with Crippen molar-refractivity contribution in [1.82, 2.24) is 9.55 Å². The second-order valence-corrected chi connectivity index (χ2v) is 2.81. The molecular weight excluding hydrogens is 156 g/mol. The van der Waals surface area contributed by atoms with Gasteiger partial charge in [0.05, 0.1) is 5.69 Å². The Balaban J connectivity index is 3.05. The molecule has 0 bridgehead atoms. The zero-order valence-corrected chi connectivity index (χ0v) is 7.46. The number of rotatable bonds is 2. The van der Waals surface area contributed by atoms with Gasteiger partial charge in [-0.05, 0) is 20.8 Å². The lowest BCUT2D eigenvalue weighted by Gasteiger charge is -2.02. The van der Waals surface area contributed by atoms with Gasteiger partial charge in [0, 0.05) is 5.69 Å². The number of nitrogens with zero attached hydrogens (tertiary/aromatic N) is 2. The lowest BCUT2D eigenvalue weighted by molar-refractivity contribution is -0.137. The number of hydrogen-bond acceptors (Lipinski definition) is 2. The number of carbonyl (C=O) groups is 1. The van der Waals surface area contributed by atoms with Gasteiger partial charge in [-0.25, -0.2) is 4.98 Å². The van der Waals surface area contributed by atoms with Gasteiger partial charge in [0.15, 0.2) is 0 Å². The molecule has 66 valence electrons. The fourth-order valence-electron chi connectivity index (χ4n) is 1.19. The number of hydrogen-bond donors (Lipinski definition) is 1. The van der Waals surface area contributed by atoms with E-state index in [-0.39, 0.29) is 6.54 Å². The third-order valence-corrected chi connectivity index (χ3v) is 1.94. The van der Waals surface area contributed by atoms with E-state index in [1.807, 2.05) is 20.8 Å². The van der Waals surface area contributed by atoms with Crippen LogP contribution in [0.25, 0.3) is 0 Å². The first-order chi connectivity index (χ1) is 5.52. The van der Waals surface area contributed by atoms with E-state index in [0.29, 0.717) is 0 Å². The molecule has 12 heavy (non-hydrogen) atoms. The maximum Gasteiger partial charge on any atom is 0.323 e. The molecule has 0 aromatic carbocycles. The van der Waals surface area contributed by atoms with Gasteiger partial charge in [0.25, 0.3) is 0 Å². The van der Waals surface area contributed by atoms with E-state index in [0.717, 1.165) is 17.2 Å². The Hall–Kier alpha value is -1.32. The third kappa shape index (κ3) is 1.47. The highest BCUT2D eigenvalue weighted by atomic mass is 16.4. The first kappa shape index (κ1) is 8.77. The zero-order valence-electron chi connectivity index (χ0n) is 7.46. The minimum atomic E-state index is -0.835. The normalized spacial score (nSPS) is 10.2. The Morgan fingerprint density at radius 3 is 2.42 bits per heavy atom. The van der Waals surface area contributed by atoms with Crippen LogP contribution in [-0.2, 0) is 11.3 Å². The first-order valence-corrected chi connectivity index (χ1v) is 3.74. The number of aryl methyl sites for hydroxylation is 2. The fourth-order valence-corrected chi connectivity index (χ4v) is 1.19. The quantitative estimate of drug-likeness (QED) is 0.713. The Labute approximate surface area is 70.9 Å². The number of aromatic nitrogens is 2. The fraction of sp³-hybridized carbons (Fsp3) is 0.500. The number of aliphatic carboxylic acids is 1. The van der Waals surface area contributed by atoms with Crippen LogP contribution in [0, 0.1) is 20.8 Å². The van der Waals surface area contributed by atoms with Gasteiger partial charge < -0.3 is 9.67 Å². The highest BCUT2D eigenvalue weighted by molar-refractivity contribution is 5.66. The summed E-state index contributed by atoms with van der Waals surface area (Å²) in [4.78, 5) is 14.6. The van der Waals surface area contributed by atoms with Gasteiger partial charge in [-0.3, -0.25) is 4.79 Å². The van der Waals surface area contributed by atoms with Gasteiger partial charge in [0.2, 0.25) is 0 Å². The average Bonchev–Trinajstić information content (AvgIpc) is 2.16. The molecule has 4 heteroatoms. The molecule has 0 fully saturated rings. The van der Waals surface area contributed by atoms with E-state index in [9.17, 15) is 4.79 Å². The van der Waals surface area contributed by atoms with E-state index in [1.54, 1.807) is 4.57 Å². The van der Waals surface area contributed by atoms with Crippen molar-refractivity contribution in [3.05, 3.63) is 17.2 Å². The number of carboxylic acids is 1. The Morgan fingerprint density at radius 1 is 1.50 bits per heavy atom. The van der Waals surface area contributed by atoms with Crippen LogP contribution in [0.5, 0.6) is 0 Å². The molecule has 0 radical (unpaired) electrons. The summed E-state index contributed by atoms with van der Waals surface area (Å²) in [5.41, 5.74) is 1.82. The molecule has 0 aliphatic rings. The lowest BCUT2D eigenvalue weighted by atomic mass is 10.4. The molecule has 1 aromatic rings. The molecule has 0 unspecified atom stereocenters. The molecule has 0 aliphatic carbocycles. The van der Waals surface area contributed by atoms with Gasteiger partial charge in [-0.1, -0.05) is 0 Å². The van der Waals surface area contributed by atoms with Crippen LogP contribution in [0.2, 0.25) is 0 Å². The van der Waals surface area contributed by atoms with Crippen molar-refractivity contribution in [1.29, 1.82) is 0 Å². The molecule has 0 atom stereocenters. The second-order valence-electron chi connectivity index (χ2n) is 2.81. The highest BCUT2D eigenvalue weighted by Crippen LogP contribution is 2.08. The van der Waals surface area contributed by atoms with Crippen molar-refractivity contribution >= 4 is 5.97 Å². The molecule has 0 aliphatic heterocycles. The van der Waals surface area contributed by atoms with E-state index < -0.39 is 5.97 Å². The number of imidazole rings is 1. The van der Waals surface area contributed by atoms with Crippen molar-refractivity contribution in [2.75, 3.05) is 0 Å². The van der Waals surface area contributed by atoms with E-state index >= 15 is 0 Å². The summed E-state index contributed by atoms with van der Waals surface area (Å²) in [6.07, 6.45) is 0. The molecular formula is C8H12N2O2. The Morgan fingerprint density at radius 2 is 2.08 bits per heavy atom. The van der Waals surface area contributed by atoms with Crippen molar-refractivity contribution in [2.24, 2.45) is 0 Å². The van der Waals surface area contributed by atoms with E-state index in [1.165, 1.54) is 0 Å². The molecule has 0 saturated carbocycles.